The average Bonchev–Trinajstić information content (AvgIpc) is 2.48. The van der Waals surface area contributed by atoms with E-state index in [9.17, 15) is 8.42 Å². The van der Waals surface area contributed by atoms with Gasteiger partial charge in [0.15, 0.2) is 0 Å². The van der Waals surface area contributed by atoms with Gasteiger partial charge in [-0.15, -0.1) is 0 Å². The number of benzene rings is 1. The van der Waals surface area contributed by atoms with Crippen LogP contribution in [0.5, 0.6) is 0 Å². The quantitative estimate of drug-likeness (QED) is 0.883. The van der Waals surface area contributed by atoms with Crippen molar-refractivity contribution in [2.24, 2.45) is 0 Å². The summed E-state index contributed by atoms with van der Waals surface area (Å²) in [5.74, 6) is 0.103. The zero-order chi connectivity index (χ0) is 15.5. The molecule has 0 spiro atoms. The van der Waals surface area contributed by atoms with E-state index in [0.29, 0.717) is 0 Å². The summed E-state index contributed by atoms with van der Waals surface area (Å²) in [7, 11) is -3.67. The summed E-state index contributed by atoms with van der Waals surface area (Å²) in [5, 5.41) is 0.116. The van der Waals surface area contributed by atoms with Crippen LogP contribution in [0.1, 0.15) is 18.1 Å². The van der Waals surface area contributed by atoms with Crippen LogP contribution < -0.4 is 10.5 Å². The molecule has 0 amide bonds. The fraction of sp³-hybridized carbons (Fsp3) is 0.214. The number of nitrogens with zero attached hydrogens (tertiary/aromatic N) is 1. The SMILES string of the molecule is CCc1ccc(CNS(=O)(=O)c2cnc(N)c(Cl)c2)cc1. The summed E-state index contributed by atoms with van der Waals surface area (Å²) in [5.41, 5.74) is 7.55. The van der Waals surface area contributed by atoms with Crippen LogP contribution in [0.2, 0.25) is 5.02 Å². The Morgan fingerprint density at radius 1 is 1.24 bits per heavy atom. The number of pyridine rings is 1. The zero-order valence-corrected chi connectivity index (χ0v) is 13.1. The Kier molecular flexibility index (Phi) is 4.82. The number of hydrogen-bond acceptors (Lipinski definition) is 4. The molecule has 0 saturated carbocycles. The van der Waals surface area contributed by atoms with Crippen molar-refractivity contribution in [3.63, 3.8) is 0 Å². The Bertz CT molecular complexity index is 730. The molecule has 0 unspecified atom stereocenters. The summed E-state index contributed by atoms with van der Waals surface area (Å²) in [6, 6.07) is 9.04. The van der Waals surface area contributed by atoms with Gasteiger partial charge in [0.25, 0.3) is 0 Å². The molecule has 7 heteroatoms. The minimum absolute atomic E-state index is 0.00752. The highest BCUT2D eigenvalue weighted by Gasteiger charge is 2.15. The Morgan fingerprint density at radius 2 is 1.86 bits per heavy atom. The molecule has 2 rings (SSSR count). The number of aryl methyl sites for hydroxylation is 1. The lowest BCUT2D eigenvalue weighted by Gasteiger charge is -2.08. The third kappa shape index (κ3) is 3.93. The van der Waals surface area contributed by atoms with Gasteiger partial charge in [-0.05, 0) is 23.6 Å². The van der Waals surface area contributed by atoms with Crippen LogP contribution in [0.15, 0.2) is 41.4 Å². The van der Waals surface area contributed by atoms with E-state index in [1.807, 2.05) is 24.3 Å². The first-order valence-electron chi connectivity index (χ1n) is 6.41. The first-order valence-corrected chi connectivity index (χ1v) is 8.27. The van der Waals surface area contributed by atoms with E-state index in [0.717, 1.165) is 12.0 Å². The van der Waals surface area contributed by atoms with Crippen LogP contribution in [0.25, 0.3) is 0 Å². The van der Waals surface area contributed by atoms with Gasteiger partial charge in [0.1, 0.15) is 10.7 Å². The van der Waals surface area contributed by atoms with Crippen molar-refractivity contribution >= 4 is 27.4 Å². The van der Waals surface area contributed by atoms with Gasteiger partial charge in [0, 0.05) is 12.7 Å². The molecule has 0 saturated heterocycles. The van der Waals surface area contributed by atoms with Gasteiger partial charge < -0.3 is 5.73 Å². The second-order valence-corrected chi connectivity index (χ2v) is 6.71. The van der Waals surface area contributed by atoms with Crippen LogP contribution in [-0.4, -0.2) is 13.4 Å². The predicted molar refractivity (Wildman–Crippen MR) is 83.5 cm³/mol. The summed E-state index contributed by atoms with van der Waals surface area (Å²) in [6.45, 7) is 2.27. The Balaban J connectivity index is 2.11. The molecule has 2 aromatic rings. The average molecular weight is 326 g/mol. The molecular weight excluding hydrogens is 310 g/mol. The van der Waals surface area contributed by atoms with Gasteiger partial charge in [0.2, 0.25) is 10.0 Å². The number of nitrogens with one attached hydrogen (secondary N) is 1. The molecule has 1 heterocycles. The molecule has 0 radical (unpaired) electrons. The summed E-state index contributed by atoms with van der Waals surface area (Å²) in [4.78, 5) is 3.74. The standard InChI is InChI=1S/C14H16ClN3O2S/c1-2-10-3-5-11(6-4-10)8-18-21(19,20)12-7-13(15)14(16)17-9-12/h3-7,9,18H,2,8H2,1H3,(H2,16,17). The molecule has 0 aliphatic carbocycles. The molecule has 5 nitrogen and oxygen atoms in total. The van der Waals surface area contributed by atoms with Crippen LogP contribution in [0.3, 0.4) is 0 Å². The first kappa shape index (κ1) is 15.8. The monoisotopic (exact) mass is 325 g/mol. The highest BCUT2D eigenvalue weighted by molar-refractivity contribution is 7.89. The van der Waals surface area contributed by atoms with Crippen molar-refractivity contribution in [3.8, 4) is 0 Å². The zero-order valence-electron chi connectivity index (χ0n) is 11.5. The lowest BCUT2D eigenvalue weighted by Crippen LogP contribution is -2.23. The minimum Gasteiger partial charge on any atom is -0.382 e. The van der Waals surface area contributed by atoms with Gasteiger partial charge >= 0.3 is 0 Å². The maximum absolute atomic E-state index is 12.1. The number of halogens is 1. The maximum Gasteiger partial charge on any atom is 0.242 e. The van der Waals surface area contributed by atoms with E-state index < -0.39 is 10.0 Å². The normalized spacial score (nSPS) is 11.5. The van der Waals surface area contributed by atoms with Crippen LogP contribution in [-0.2, 0) is 23.0 Å². The molecule has 3 N–H and O–H groups in total. The van der Waals surface area contributed by atoms with Gasteiger partial charge in [-0.3, -0.25) is 0 Å². The van der Waals surface area contributed by atoms with Gasteiger partial charge in [0.05, 0.1) is 5.02 Å². The lowest BCUT2D eigenvalue weighted by molar-refractivity contribution is 0.581. The van der Waals surface area contributed by atoms with Crippen molar-refractivity contribution in [2.45, 2.75) is 24.8 Å². The van der Waals surface area contributed by atoms with Crippen molar-refractivity contribution in [1.29, 1.82) is 0 Å². The first-order chi connectivity index (χ1) is 9.92. The van der Waals surface area contributed by atoms with E-state index >= 15 is 0 Å². The van der Waals surface area contributed by atoms with Crippen molar-refractivity contribution in [2.75, 3.05) is 5.73 Å². The lowest BCUT2D eigenvalue weighted by atomic mass is 10.1. The molecule has 0 atom stereocenters. The van der Waals surface area contributed by atoms with Crippen molar-refractivity contribution in [3.05, 3.63) is 52.7 Å². The van der Waals surface area contributed by atoms with Gasteiger partial charge in [-0.1, -0.05) is 42.8 Å². The second-order valence-electron chi connectivity index (χ2n) is 4.53. The molecule has 0 aliphatic rings. The molecule has 112 valence electrons. The maximum atomic E-state index is 12.1. The molecule has 0 bridgehead atoms. The van der Waals surface area contributed by atoms with E-state index in [4.69, 9.17) is 17.3 Å². The molecule has 0 aliphatic heterocycles. The number of hydrogen-bond donors (Lipinski definition) is 2. The van der Waals surface area contributed by atoms with Crippen molar-refractivity contribution in [1.82, 2.24) is 9.71 Å². The largest absolute Gasteiger partial charge is 0.382 e. The number of anilines is 1. The van der Waals surface area contributed by atoms with Crippen LogP contribution >= 0.6 is 11.6 Å². The second kappa shape index (κ2) is 6.43. The molecule has 1 aromatic carbocycles. The van der Waals surface area contributed by atoms with E-state index in [-0.39, 0.29) is 22.3 Å². The molecular formula is C14H16ClN3O2S. The topological polar surface area (TPSA) is 85.1 Å². The predicted octanol–water partition coefficient (Wildman–Crippen LogP) is 2.36. The number of aromatic nitrogens is 1. The van der Waals surface area contributed by atoms with Crippen LogP contribution in [0, 0.1) is 0 Å². The van der Waals surface area contributed by atoms with Gasteiger partial charge in [-0.2, -0.15) is 0 Å². The van der Waals surface area contributed by atoms with E-state index in [2.05, 4.69) is 16.6 Å². The Morgan fingerprint density at radius 3 is 2.43 bits per heavy atom. The third-order valence-electron chi connectivity index (χ3n) is 3.05. The number of sulfonamides is 1. The fourth-order valence-corrected chi connectivity index (χ4v) is 2.95. The molecule has 1 aromatic heterocycles. The Labute approximate surface area is 129 Å². The molecule has 0 fully saturated rings. The molecule has 21 heavy (non-hydrogen) atoms. The number of nitrogens with two attached hydrogens (primary N) is 1. The Hall–Kier alpha value is -1.63. The van der Waals surface area contributed by atoms with E-state index in [1.165, 1.54) is 17.8 Å². The highest BCUT2D eigenvalue weighted by Crippen LogP contribution is 2.19. The third-order valence-corrected chi connectivity index (χ3v) is 4.72. The minimum atomic E-state index is -3.67. The summed E-state index contributed by atoms with van der Waals surface area (Å²) >= 11 is 5.79. The number of nitrogen functional groups attached to an aromatic ring is 1. The van der Waals surface area contributed by atoms with E-state index in [1.54, 1.807) is 0 Å². The van der Waals surface area contributed by atoms with Crippen LogP contribution in [0.4, 0.5) is 5.82 Å². The summed E-state index contributed by atoms with van der Waals surface area (Å²) in [6.07, 6.45) is 2.13. The summed E-state index contributed by atoms with van der Waals surface area (Å²) < 4.78 is 26.8. The van der Waals surface area contributed by atoms with Gasteiger partial charge in [-0.25, -0.2) is 18.1 Å². The fourth-order valence-electron chi connectivity index (χ4n) is 1.73. The van der Waals surface area contributed by atoms with Crippen molar-refractivity contribution < 1.29 is 8.42 Å². The highest BCUT2D eigenvalue weighted by atomic mass is 35.5. The smallest absolute Gasteiger partial charge is 0.242 e. The number of rotatable bonds is 5.